The molecule has 0 aromatic heterocycles. The molecule has 0 heterocycles. The molecule has 18 heavy (non-hydrogen) atoms. The molecule has 0 saturated heterocycles. The molecule has 0 aliphatic heterocycles. The van der Waals surface area contributed by atoms with E-state index < -0.39 is 11.0 Å². The van der Waals surface area contributed by atoms with Gasteiger partial charge in [-0.3, -0.25) is 4.79 Å². The standard InChI is InChI=1S/C15H26O3/c1-11(2)8-9-13(17)18-15(6,7)10-14(4,5)12(3)16/h8-9,11H,10H2,1-7H3. The van der Waals surface area contributed by atoms with Gasteiger partial charge in [0.05, 0.1) is 0 Å². The number of ether oxygens (including phenoxy) is 1. The van der Waals surface area contributed by atoms with Gasteiger partial charge in [-0.2, -0.15) is 0 Å². The molecule has 0 N–H and O–H groups in total. The topological polar surface area (TPSA) is 43.4 Å². The number of ketones is 1. The Morgan fingerprint density at radius 3 is 2.06 bits per heavy atom. The van der Waals surface area contributed by atoms with Crippen molar-refractivity contribution < 1.29 is 14.3 Å². The van der Waals surface area contributed by atoms with Crippen molar-refractivity contribution in [3.8, 4) is 0 Å². The van der Waals surface area contributed by atoms with Gasteiger partial charge in [0.1, 0.15) is 11.4 Å². The first-order chi connectivity index (χ1) is 7.96. The van der Waals surface area contributed by atoms with Gasteiger partial charge in [-0.25, -0.2) is 4.79 Å². The number of hydrogen-bond donors (Lipinski definition) is 0. The minimum Gasteiger partial charge on any atom is -0.456 e. The van der Waals surface area contributed by atoms with Crippen LogP contribution in [0.4, 0.5) is 0 Å². The summed E-state index contributed by atoms with van der Waals surface area (Å²) in [7, 11) is 0. The lowest BCUT2D eigenvalue weighted by Gasteiger charge is -2.32. The van der Waals surface area contributed by atoms with Crippen molar-refractivity contribution in [3.63, 3.8) is 0 Å². The van der Waals surface area contributed by atoms with Crippen molar-refractivity contribution in [1.29, 1.82) is 0 Å². The second kappa shape index (κ2) is 6.17. The number of esters is 1. The van der Waals surface area contributed by atoms with E-state index in [9.17, 15) is 9.59 Å². The predicted octanol–water partition coefficient (Wildman–Crippen LogP) is 3.53. The van der Waals surface area contributed by atoms with Gasteiger partial charge in [0.15, 0.2) is 0 Å². The predicted molar refractivity (Wildman–Crippen MR) is 73.2 cm³/mol. The van der Waals surface area contributed by atoms with Crippen LogP contribution in [0, 0.1) is 11.3 Å². The van der Waals surface area contributed by atoms with Crippen LogP contribution in [-0.2, 0) is 14.3 Å². The minimum atomic E-state index is -0.645. The monoisotopic (exact) mass is 254 g/mol. The minimum absolute atomic E-state index is 0.101. The quantitative estimate of drug-likeness (QED) is 0.538. The molecule has 0 spiro atoms. The van der Waals surface area contributed by atoms with Crippen LogP contribution < -0.4 is 0 Å². The summed E-state index contributed by atoms with van der Waals surface area (Å²) < 4.78 is 5.40. The summed E-state index contributed by atoms with van der Waals surface area (Å²) in [5.41, 5.74) is -1.13. The van der Waals surface area contributed by atoms with Crippen molar-refractivity contribution in [2.75, 3.05) is 0 Å². The Morgan fingerprint density at radius 1 is 1.17 bits per heavy atom. The number of allylic oxidation sites excluding steroid dienone is 1. The Kier molecular flexibility index (Phi) is 5.78. The Morgan fingerprint density at radius 2 is 1.67 bits per heavy atom. The van der Waals surface area contributed by atoms with Gasteiger partial charge in [-0.15, -0.1) is 0 Å². The van der Waals surface area contributed by atoms with Crippen LogP contribution in [0.15, 0.2) is 12.2 Å². The van der Waals surface area contributed by atoms with E-state index in [4.69, 9.17) is 4.74 Å². The van der Waals surface area contributed by atoms with Crippen LogP contribution in [0.3, 0.4) is 0 Å². The summed E-state index contributed by atoms with van der Waals surface area (Å²) in [6, 6.07) is 0. The summed E-state index contributed by atoms with van der Waals surface area (Å²) in [6.07, 6.45) is 3.76. The van der Waals surface area contributed by atoms with Crippen molar-refractivity contribution in [2.45, 2.75) is 60.5 Å². The Bertz CT molecular complexity index is 336. The number of carbonyl (C=O) groups is 2. The molecular weight excluding hydrogens is 228 g/mol. The van der Waals surface area contributed by atoms with Crippen LogP contribution in [0.25, 0.3) is 0 Å². The molecular formula is C15H26O3. The van der Waals surface area contributed by atoms with E-state index in [-0.39, 0.29) is 11.8 Å². The van der Waals surface area contributed by atoms with Gasteiger partial charge in [-0.05, 0) is 33.1 Å². The average molecular weight is 254 g/mol. The molecule has 0 rings (SSSR count). The average Bonchev–Trinajstić information content (AvgIpc) is 2.11. The summed E-state index contributed by atoms with van der Waals surface area (Å²) in [5.74, 6) is 0.0618. The fourth-order valence-electron chi connectivity index (χ4n) is 1.80. The summed E-state index contributed by atoms with van der Waals surface area (Å²) in [5, 5.41) is 0. The molecule has 0 bridgehead atoms. The summed E-state index contributed by atoms with van der Waals surface area (Å²) in [6.45, 7) is 13.0. The lowest BCUT2D eigenvalue weighted by molar-refractivity contribution is -0.154. The number of rotatable bonds is 6. The molecule has 0 radical (unpaired) electrons. The van der Waals surface area contributed by atoms with Gasteiger partial charge in [0.25, 0.3) is 0 Å². The lowest BCUT2D eigenvalue weighted by atomic mass is 9.79. The fraction of sp³-hybridized carbons (Fsp3) is 0.733. The van der Waals surface area contributed by atoms with E-state index >= 15 is 0 Å². The van der Waals surface area contributed by atoms with Gasteiger partial charge < -0.3 is 4.74 Å². The van der Waals surface area contributed by atoms with Gasteiger partial charge in [0.2, 0.25) is 0 Å². The van der Waals surface area contributed by atoms with Crippen molar-refractivity contribution in [2.24, 2.45) is 11.3 Å². The molecule has 0 fully saturated rings. The van der Waals surface area contributed by atoms with Crippen molar-refractivity contribution >= 4 is 11.8 Å². The third kappa shape index (κ3) is 6.58. The van der Waals surface area contributed by atoms with Crippen LogP contribution in [0.2, 0.25) is 0 Å². The zero-order valence-electron chi connectivity index (χ0n) is 12.7. The van der Waals surface area contributed by atoms with Gasteiger partial charge >= 0.3 is 5.97 Å². The highest BCUT2D eigenvalue weighted by atomic mass is 16.6. The first-order valence-corrected chi connectivity index (χ1v) is 6.38. The van der Waals surface area contributed by atoms with E-state index in [0.29, 0.717) is 12.3 Å². The zero-order valence-corrected chi connectivity index (χ0v) is 12.7. The second-order valence-electron chi connectivity index (χ2n) is 6.40. The van der Waals surface area contributed by atoms with E-state index in [2.05, 4.69) is 0 Å². The maximum absolute atomic E-state index is 11.6. The largest absolute Gasteiger partial charge is 0.456 e. The number of Topliss-reactive ketones (excluding diaryl/α,β-unsaturated/α-hetero) is 1. The second-order valence-corrected chi connectivity index (χ2v) is 6.40. The normalized spacial score (nSPS) is 13.1. The van der Waals surface area contributed by atoms with Gasteiger partial charge in [-0.1, -0.05) is 33.8 Å². The zero-order chi connectivity index (χ0) is 14.6. The molecule has 104 valence electrons. The molecule has 0 unspecified atom stereocenters. The Hall–Kier alpha value is -1.12. The molecule has 0 aliphatic rings. The molecule has 3 nitrogen and oxygen atoms in total. The first kappa shape index (κ1) is 16.9. The molecule has 3 heteroatoms. The summed E-state index contributed by atoms with van der Waals surface area (Å²) >= 11 is 0. The molecule has 0 aromatic rings. The maximum Gasteiger partial charge on any atom is 0.330 e. The number of hydrogen-bond acceptors (Lipinski definition) is 3. The van der Waals surface area contributed by atoms with E-state index in [1.807, 2.05) is 41.5 Å². The highest BCUT2D eigenvalue weighted by Gasteiger charge is 2.34. The van der Waals surface area contributed by atoms with Crippen LogP contribution in [0.5, 0.6) is 0 Å². The smallest absolute Gasteiger partial charge is 0.330 e. The Labute approximate surface area is 111 Å². The van der Waals surface area contributed by atoms with E-state index in [1.54, 1.807) is 13.0 Å². The molecule has 0 amide bonds. The molecule has 0 saturated carbocycles. The lowest BCUT2D eigenvalue weighted by Crippen LogP contribution is -2.36. The fourth-order valence-corrected chi connectivity index (χ4v) is 1.80. The Balaban J connectivity index is 4.57. The van der Waals surface area contributed by atoms with E-state index in [0.717, 1.165) is 0 Å². The highest BCUT2D eigenvalue weighted by Crippen LogP contribution is 2.31. The van der Waals surface area contributed by atoms with Crippen LogP contribution in [0.1, 0.15) is 54.9 Å². The number of carbonyl (C=O) groups excluding carboxylic acids is 2. The third-order valence-corrected chi connectivity index (χ3v) is 2.81. The van der Waals surface area contributed by atoms with Crippen LogP contribution in [-0.4, -0.2) is 17.4 Å². The van der Waals surface area contributed by atoms with E-state index in [1.165, 1.54) is 6.08 Å². The molecule has 0 aromatic carbocycles. The van der Waals surface area contributed by atoms with Crippen molar-refractivity contribution in [3.05, 3.63) is 12.2 Å². The SMILES string of the molecule is CC(=O)C(C)(C)CC(C)(C)OC(=O)C=CC(C)C. The first-order valence-electron chi connectivity index (χ1n) is 6.38. The van der Waals surface area contributed by atoms with Crippen LogP contribution >= 0.6 is 0 Å². The highest BCUT2D eigenvalue weighted by molar-refractivity contribution is 5.83. The van der Waals surface area contributed by atoms with Gasteiger partial charge in [0, 0.05) is 11.5 Å². The molecule has 0 aliphatic carbocycles. The van der Waals surface area contributed by atoms with Crippen molar-refractivity contribution in [1.82, 2.24) is 0 Å². The molecule has 0 atom stereocenters. The third-order valence-electron chi connectivity index (χ3n) is 2.81. The summed E-state index contributed by atoms with van der Waals surface area (Å²) in [4.78, 5) is 23.1. The maximum atomic E-state index is 11.6.